The van der Waals surface area contributed by atoms with Gasteiger partial charge in [-0.1, -0.05) is 12.1 Å². The first-order chi connectivity index (χ1) is 19.9. The van der Waals surface area contributed by atoms with Crippen molar-refractivity contribution in [2.75, 3.05) is 36.5 Å². The number of amides is 1. The van der Waals surface area contributed by atoms with Crippen LogP contribution in [0.2, 0.25) is 0 Å². The van der Waals surface area contributed by atoms with Crippen molar-refractivity contribution >= 4 is 55.8 Å². The van der Waals surface area contributed by atoms with Gasteiger partial charge in [-0.05, 0) is 55.1 Å². The van der Waals surface area contributed by atoms with E-state index in [1.54, 1.807) is 26.0 Å². The number of aryl methyl sites for hydroxylation is 2. The second-order valence-corrected chi connectivity index (χ2v) is 10.5. The average molecular weight is 597 g/mol. The van der Waals surface area contributed by atoms with Crippen molar-refractivity contribution in [2.24, 2.45) is 16.0 Å². The lowest BCUT2D eigenvalue weighted by molar-refractivity contribution is 0.100. The van der Waals surface area contributed by atoms with Gasteiger partial charge in [0.2, 0.25) is 11.9 Å². The number of rotatable bonds is 11. The van der Waals surface area contributed by atoms with Crippen LogP contribution in [0, 0.1) is 13.8 Å². The van der Waals surface area contributed by atoms with Gasteiger partial charge in [-0.3, -0.25) is 9.35 Å². The number of carbonyl (C=O) groups excluding carboxylic acids is 1. The summed E-state index contributed by atoms with van der Waals surface area (Å²) in [6.07, 6.45) is 0. The fourth-order valence-electron chi connectivity index (χ4n) is 4.21. The van der Waals surface area contributed by atoms with Gasteiger partial charge in [0.1, 0.15) is 11.5 Å². The molecule has 1 heterocycles. The smallest absolute Gasteiger partial charge is 0.294 e. The number of aromatic hydroxyl groups is 1. The van der Waals surface area contributed by atoms with Crippen LogP contribution in [0.1, 0.15) is 21.7 Å². The summed E-state index contributed by atoms with van der Waals surface area (Å²) in [4.78, 5) is 25.7. The van der Waals surface area contributed by atoms with Crippen LogP contribution in [-0.4, -0.2) is 75.5 Å². The van der Waals surface area contributed by atoms with Crippen LogP contribution in [0.15, 0.2) is 57.6 Å². The molecule has 0 bridgehead atoms. The molecule has 0 saturated carbocycles. The minimum atomic E-state index is -4.67. The number of hydrogen-bond donors (Lipinski definition) is 6. The molecule has 0 aliphatic heterocycles. The number of hydrogen-bond acceptors (Lipinski definition) is 13. The standard InChI is InChI=1S/C26H28N8O7S/c1-14-11-16-12-17(42(39,40)41)13-20(30-25-28-15(2)29-26(31-25)34(7-9-35)8-10-36)21(16)23(37)22(14)33-32-19-6-4-3-5-18(19)24(27)38/h3-6,11-13,35-37H,7-10H2,1-2H3,(H2,27,38)(H,39,40,41)(H,28,29,30,31). The molecule has 1 amide bonds. The van der Waals surface area contributed by atoms with E-state index >= 15 is 0 Å². The maximum Gasteiger partial charge on any atom is 0.294 e. The molecule has 220 valence electrons. The number of aliphatic hydroxyl groups excluding tert-OH is 2. The van der Waals surface area contributed by atoms with E-state index < -0.39 is 20.9 Å². The van der Waals surface area contributed by atoms with Crippen molar-refractivity contribution in [3.63, 3.8) is 0 Å². The third kappa shape index (κ3) is 6.58. The Morgan fingerprint density at radius 2 is 1.71 bits per heavy atom. The van der Waals surface area contributed by atoms with Crippen LogP contribution >= 0.6 is 0 Å². The van der Waals surface area contributed by atoms with Gasteiger partial charge >= 0.3 is 0 Å². The summed E-state index contributed by atoms with van der Waals surface area (Å²) < 4.78 is 34.0. The number of nitrogens with one attached hydrogen (secondary N) is 1. The van der Waals surface area contributed by atoms with E-state index in [1.807, 2.05) is 0 Å². The number of aromatic nitrogens is 3. The number of nitrogens with zero attached hydrogens (tertiary/aromatic N) is 6. The lowest BCUT2D eigenvalue weighted by Gasteiger charge is -2.21. The average Bonchev–Trinajstić information content (AvgIpc) is 2.91. The minimum absolute atomic E-state index is 0.000900. The SMILES string of the molecule is Cc1nc(Nc2cc(S(=O)(=O)O)cc3cc(C)c(N=Nc4ccccc4C(N)=O)c(O)c23)nc(N(CCO)CCO)n1. The van der Waals surface area contributed by atoms with Crippen LogP contribution in [0.25, 0.3) is 10.8 Å². The van der Waals surface area contributed by atoms with E-state index in [2.05, 4.69) is 30.5 Å². The van der Waals surface area contributed by atoms with Gasteiger partial charge in [0.25, 0.3) is 16.0 Å². The highest BCUT2D eigenvalue weighted by molar-refractivity contribution is 7.85. The summed E-state index contributed by atoms with van der Waals surface area (Å²) in [6, 6.07) is 10.1. The van der Waals surface area contributed by atoms with Gasteiger partial charge in [0.15, 0.2) is 5.75 Å². The molecule has 0 atom stereocenters. The largest absolute Gasteiger partial charge is 0.505 e. The number of anilines is 3. The molecule has 42 heavy (non-hydrogen) atoms. The monoisotopic (exact) mass is 596 g/mol. The molecule has 4 aromatic rings. The van der Waals surface area contributed by atoms with Gasteiger partial charge in [-0.2, -0.15) is 23.4 Å². The van der Waals surface area contributed by atoms with Crippen LogP contribution in [0.3, 0.4) is 0 Å². The molecule has 7 N–H and O–H groups in total. The van der Waals surface area contributed by atoms with E-state index in [-0.39, 0.29) is 83.2 Å². The zero-order valence-electron chi connectivity index (χ0n) is 22.6. The van der Waals surface area contributed by atoms with Crippen molar-refractivity contribution in [1.29, 1.82) is 0 Å². The molecule has 15 nitrogen and oxygen atoms in total. The molecular formula is C26H28N8O7S. The number of fused-ring (bicyclic) bond motifs is 1. The summed E-state index contributed by atoms with van der Waals surface area (Å²) >= 11 is 0. The Kier molecular flexibility index (Phi) is 8.91. The predicted molar refractivity (Wildman–Crippen MR) is 154 cm³/mol. The second kappa shape index (κ2) is 12.4. The Bertz CT molecular complexity index is 1790. The highest BCUT2D eigenvalue weighted by Gasteiger charge is 2.21. The van der Waals surface area contributed by atoms with E-state index in [1.165, 1.54) is 29.2 Å². The minimum Gasteiger partial charge on any atom is -0.505 e. The normalized spacial score (nSPS) is 11.7. The van der Waals surface area contributed by atoms with Crippen LogP contribution in [0.5, 0.6) is 5.75 Å². The second-order valence-electron chi connectivity index (χ2n) is 9.08. The molecule has 0 spiro atoms. The number of benzene rings is 3. The van der Waals surface area contributed by atoms with E-state index in [9.17, 15) is 33.1 Å². The van der Waals surface area contributed by atoms with E-state index in [4.69, 9.17) is 5.73 Å². The van der Waals surface area contributed by atoms with Crippen molar-refractivity contribution in [3.8, 4) is 5.75 Å². The van der Waals surface area contributed by atoms with E-state index in [0.717, 1.165) is 6.07 Å². The molecule has 0 saturated heterocycles. The van der Waals surface area contributed by atoms with Crippen molar-refractivity contribution in [2.45, 2.75) is 18.7 Å². The molecule has 0 unspecified atom stereocenters. The first kappa shape index (κ1) is 30.2. The maximum absolute atomic E-state index is 12.1. The topological polar surface area (TPSA) is 237 Å². The molecule has 0 radical (unpaired) electrons. The summed E-state index contributed by atoms with van der Waals surface area (Å²) in [7, 11) is -4.67. The zero-order chi connectivity index (χ0) is 30.6. The van der Waals surface area contributed by atoms with Crippen LogP contribution in [0.4, 0.5) is 29.0 Å². The lowest BCUT2D eigenvalue weighted by atomic mass is 10.0. The van der Waals surface area contributed by atoms with Gasteiger partial charge in [-0.25, -0.2) is 0 Å². The lowest BCUT2D eigenvalue weighted by Crippen LogP contribution is -2.31. The number of nitrogens with two attached hydrogens (primary N) is 1. The number of phenols is 1. The molecule has 0 fully saturated rings. The third-order valence-electron chi connectivity index (χ3n) is 6.08. The van der Waals surface area contributed by atoms with Crippen molar-refractivity contribution in [3.05, 3.63) is 59.4 Å². The first-order valence-electron chi connectivity index (χ1n) is 12.5. The molecule has 1 aromatic heterocycles. The Balaban J connectivity index is 1.89. The summed E-state index contributed by atoms with van der Waals surface area (Å²) in [5, 5.41) is 41.6. The summed E-state index contributed by atoms with van der Waals surface area (Å²) in [6.45, 7) is 2.98. The number of phenolic OH excluding ortho intramolecular Hbond substituents is 1. The molecule has 0 aliphatic rings. The maximum atomic E-state index is 12.1. The van der Waals surface area contributed by atoms with E-state index in [0.29, 0.717) is 5.56 Å². The molecular weight excluding hydrogens is 568 g/mol. The zero-order valence-corrected chi connectivity index (χ0v) is 23.4. The summed E-state index contributed by atoms with van der Waals surface area (Å²) in [5.74, 6) is -0.752. The number of azo groups is 1. The third-order valence-corrected chi connectivity index (χ3v) is 6.91. The number of aliphatic hydroxyl groups is 2. The quantitative estimate of drug-likeness (QED) is 0.108. The van der Waals surface area contributed by atoms with Gasteiger partial charge in [-0.15, -0.1) is 10.2 Å². The fourth-order valence-corrected chi connectivity index (χ4v) is 4.75. The molecule has 16 heteroatoms. The predicted octanol–water partition coefficient (Wildman–Crippen LogP) is 2.64. The first-order valence-corrected chi connectivity index (χ1v) is 13.9. The van der Waals surface area contributed by atoms with Gasteiger partial charge in [0.05, 0.1) is 35.0 Å². The highest BCUT2D eigenvalue weighted by Crippen LogP contribution is 2.44. The summed E-state index contributed by atoms with van der Waals surface area (Å²) in [5.41, 5.74) is 6.14. The molecule has 4 rings (SSSR count). The Labute approximate surface area is 240 Å². The van der Waals surface area contributed by atoms with Crippen molar-refractivity contribution in [1.82, 2.24) is 15.0 Å². The van der Waals surface area contributed by atoms with Gasteiger partial charge < -0.3 is 31.3 Å². The van der Waals surface area contributed by atoms with Crippen molar-refractivity contribution < 1.29 is 33.1 Å². The van der Waals surface area contributed by atoms with Gasteiger partial charge in [0, 0.05) is 18.5 Å². The van der Waals surface area contributed by atoms with Crippen LogP contribution < -0.4 is 16.0 Å². The number of primary amides is 1. The molecule has 0 aliphatic carbocycles. The Morgan fingerprint density at radius 3 is 2.36 bits per heavy atom. The fraction of sp³-hybridized carbons (Fsp3) is 0.231. The number of carbonyl (C=O) groups is 1. The Morgan fingerprint density at radius 1 is 1.02 bits per heavy atom. The van der Waals surface area contributed by atoms with Crippen LogP contribution in [-0.2, 0) is 10.1 Å². The Hall–Kier alpha value is -4.77. The highest BCUT2D eigenvalue weighted by atomic mass is 32.2. The molecule has 3 aromatic carbocycles.